The molecule has 0 spiro atoms. The van der Waals surface area contributed by atoms with E-state index in [9.17, 15) is 15.0 Å². The minimum absolute atomic E-state index is 0.0381. The maximum absolute atomic E-state index is 11.7. The fraction of sp³-hybridized carbons (Fsp3) is 0.381. The molecule has 3 atom stereocenters. The highest BCUT2D eigenvalue weighted by Crippen LogP contribution is 2.29. The van der Waals surface area contributed by atoms with Crippen molar-refractivity contribution in [1.29, 1.82) is 0 Å². The van der Waals surface area contributed by atoms with Crippen LogP contribution < -0.4 is 11.1 Å². The predicted octanol–water partition coefficient (Wildman–Crippen LogP) is 2.59. The van der Waals surface area contributed by atoms with E-state index in [2.05, 4.69) is 5.32 Å². The van der Waals surface area contributed by atoms with Gasteiger partial charge in [-0.3, -0.25) is 4.79 Å². The van der Waals surface area contributed by atoms with Gasteiger partial charge in [0, 0.05) is 6.54 Å². The number of carboxylic acid groups (broad SMARTS) is 1. The second kappa shape index (κ2) is 10.3. The zero-order chi connectivity index (χ0) is 19.7. The third-order valence-electron chi connectivity index (χ3n) is 4.76. The smallest absolute Gasteiger partial charge is 0.325 e. The molecule has 0 saturated heterocycles. The molecule has 5 nitrogen and oxygen atoms in total. The molecular formula is C21H27BN2O3. The molecule has 0 bridgehead atoms. The van der Waals surface area contributed by atoms with Crippen molar-refractivity contribution in [3.05, 3.63) is 71.8 Å². The van der Waals surface area contributed by atoms with E-state index in [1.165, 1.54) is 0 Å². The van der Waals surface area contributed by atoms with Crippen LogP contribution in [0.4, 0.5) is 0 Å². The summed E-state index contributed by atoms with van der Waals surface area (Å²) >= 11 is 0. The first-order valence-electron chi connectivity index (χ1n) is 9.21. The first-order chi connectivity index (χ1) is 13.0. The van der Waals surface area contributed by atoms with Gasteiger partial charge in [-0.1, -0.05) is 79.8 Å². The monoisotopic (exact) mass is 366 g/mol. The molecule has 2 radical (unpaired) electrons. The predicted molar refractivity (Wildman–Crippen MR) is 108 cm³/mol. The second-order valence-corrected chi connectivity index (χ2v) is 6.83. The number of benzene rings is 2. The van der Waals surface area contributed by atoms with Crippen LogP contribution in [0.15, 0.2) is 60.7 Å². The Morgan fingerprint density at radius 2 is 1.59 bits per heavy atom. The molecule has 27 heavy (non-hydrogen) atoms. The lowest BCUT2D eigenvalue weighted by Gasteiger charge is -2.31. The summed E-state index contributed by atoms with van der Waals surface area (Å²) in [4.78, 5) is 11.7. The number of rotatable bonds is 11. The molecule has 5 N–H and O–H groups in total. The Morgan fingerprint density at radius 1 is 1.04 bits per heavy atom. The second-order valence-electron chi connectivity index (χ2n) is 6.83. The van der Waals surface area contributed by atoms with Gasteiger partial charge >= 0.3 is 5.97 Å². The largest absolute Gasteiger partial charge is 0.480 e. The lowest BCUT2D eigenvalue weighted by Crippen LogP contribution is -2.56. The zero-order valence-electron chi connectivity index (χ0n) is 15.4. The Kier molecular flexibility index (Phi) is 8.04. The molecule has 2 aromatic carbocycles. The molecule has 2 aromatic rings. The molecule has 2 rings (SSSR count). The highest BCUT2D eigenvalue weighted by atomic mass is 16.4. The SMILES string of the molecule is [B]CCCCC(N)(CN[C@H](c1ccccc1)[C@@H](O)c1ccccc1)C(=O)O. The summed E-state index contributed by atoms with van der Waals surface area (Å²) in [5.74, 6) is -1.06. The molecule has 0 aliphatic heterocycles. The number of hydrogen-bond donors (Lipinski definition) is 4. The number of nitrogens with one attached hydrogen (secondary N) is 1. The maximum Gasteiger partial charge on any atom is 0.325 e. The van der Waals surface area contributed by atoms with Crippen molar-refractivity contribution < 1.29 is 15.0 Å². The van der Waals surface area contributed by atoms with Gasteiger partial charge in [0.05, 0.1) is 20.0 Å². The van der Waals surface area contributed by atoms with Gasteiger partial charge in [0.25, 0.3) is 0 Å². The number of aliphatic hydroxyl groups is 1. The van der Waals surface area contributed by atoms with Crippen molar-refractivity contribution in [2.45, 2.75) is 43.3 Å². The van der Waals surface area contributed by atoms with Crippen LogP contribution >= 0.6 is 0 Å². The van der Waals surface area contributed by atoms with Gasteiger partial charge in [-0.05, 0) is 17.5 Å². The Labute approximate surface area is 162 Å². The summed E-state index contributed by atoms with van der Waals surface area (Å²) in [5, 5.41) is 23.7. The van der Waals surface area contributed by atoms with E-state index in [4.69, 9.17) is 13.6 Å². The van der Waals surface area contributed by atoms with E-state index in [1.54, 1.807) is 0 Å². The lowest BCUT2D eigenvalue weighted by molar-refractivity contribution is -0.143. The fourth-order valence-corrected chi connectivity index (χ4v) is 3.06. The zero-order valence-corrected chi connectivity index (χ0v) is 15.4. The minimum Gasteiger partial charge on any atom is -0.480 e. The number of carbonyl (C=O) groups is 1. The highest BCUT2D eigenvalue weighted by molar-refractivity contribution is 6.08. The van der Waals surface area contributed by atoms with Gasteiger partial charge in [0.2, 0.25) is 0 Å². The van der Waals surface area contributed by atoms with E-state index in [0.717, 1.165) is 17.5 Å². The van der Waals surface area contributed by atoms with Crippen LogP contribution in [0.3, 0.4) is 0 Å². The van der Waals surface area contributed by atoms with Crippen LogP contribution in [0.1, 0.15) is 42.5 Å². The third-order valence-corrected chi connectivity index (χ3v) is 4.76. The lowest BCUT2D eigenvalue weighted by atomic mass is 9.89. The van der Waals surface area contributed by atoms with Crippen molar-refractivity contribution in [3.8, 4) is 0 Å². The van der Waals surface area contributed by atoms with Crippen LogP contribution in [-0.2, 0) is 4.79 Å². The molecule has 0 saturated carbocycles. The number of nitrogens with two attached hydrogens (primary N) is 1. The summed E-state index contributed by atoms with van der Waals surface area (Å²) in [6.45, 7) is 0.0381. The van der Waals surface area contributed by atoms with Crippen molar-refractivity contribution in [2.75, 3.05) is 6.54 Å². The summed E-state index contributed by atoms with van der Waals surface area (Å²) in [6.07, 6.45) is 1.34. The van der Waals surface area contributed by atoms with Gasteiger partial charge in [0.1, 0.15) is 5.54 Å². The average molecular weight is 366 g/mol. The number of unbranched alkanes of at least 4 members (excludes halogenated alkanes) is 1. The number of hydrogen-bond acceptors (Lipinski definition) is 4. The number of aliphatic carboxylic acids is 1. The van der Waals surface area contributed by atoms with E-state index in [1.807, 2.05) is 60.7 Å². The normalized spacial score (nSPS) is 15.6. The first kappa shape index (κ1) is 21.2. The molecule has 0 aliphatic carbocycles. The van der Waals surface area contributed by atoms with E-state index in [-0.39, 0.29) is 6.54 Å². The fourth-order valence-electron chi connectivity index (χ4n) is 3.06. The van der Waals surface area contributed by atoms with Crippen molar-refractivity contribution >= 4 is 13.8 Å². The van der Waals surface area contributed by atoms with Crippen molar-refractivity contribution in [1.82, 2.24) is 5.32 Å². The Bertz CT molecular complexity index is 699. The van der Waals surface area contributed by atoms with E-state index >= 15 is 0 Å². The summed E-state index contributed by atoms with van der Waals surface area (Å²) in [7, 11) is 5.50. The van der Waals surface area contributed by atoms with Crippen LogP contribution in [-0.4, -0.2) is 36.1 Å². The van der Waals surface area contributed by atoms with E-state index < -0.39 is 23.7 Å². The van der Waals surface area contributed by atoms with Crippen molar-refractivity contribution in [3.63, 3.8) is 0 Å². The van der Waals surface area contributed by atoms with Gasteiger partial charge in [-0.15, -0.1) is 0 Å². The van der Waals surface area contributed by atoms with Crippen LogP contribution in [0, 0.1) is 0 Å². The molecule has 1 unspecified atom stereocenters. The van der Waals surface area contributed by atoms with E-state index in [0.29, 0.717) is 19.2 Å². The van der Waals surface area contributed by atoms with Gasteiger partial charge in [-0.2, -0.15) is 0 Å². The van der Waals surface area contributed by atoms with Crippen LogP contribution in [0.2, 0.25) is 6.32 Å². The Hall–Kier alpha value is -2.15. The standard InChI is InChI=1S/C21H27BN2O3/c22-14-8-7-13-21(23,20(26)27)15-24-18(16-9-3-1-4-10-16)19(25)17-11-5-2-6-12-17/h1-6,9-12,18-19,24-25H,7-8,13-15,23H2,(H,26,27)/t18-,19+,21?/m1/s1. The number of carboxylic acids is 1. The van der Waals surface area contributed by atoms with Crippen LogP contribution in [0.25, 0.3) is 0 Å². The van der Waals surface area contributed by atoms with Gasteiger partial charge in [-0.25, -0.2) is 0 Å². The summed E-state index contributed by atoms with van der Waals surface area (Å²) in [6, 6.07) is 18.3. The molecule has 142 valence electrons. The third kappa shape index (κ3) is 5.92. The highest BCUT2D eigenvalue weighted by Gasteiger charge is 2.35. The topological polar surface area (TPSA) is 95.6 Å². The minimum atomic E-state index is -1.42. The quantitative estimate of drug-likeness (QED) is 0.362. The molecule has 0 fully saturated rings. The van der Waals surface area contributed by atoms with Gasteiger partial charge in [0.15, 0.2) is 0 Å². The molecule has 0 amide bonds. The number of aliphatic hydroxyl groups excluding tert-OH is 1. The summed E-state index contributed by atoms with van der Waals surface area (Å²) in [5.41, 5.74) is 6.36. The molecule has 6 heteroatoms. The first-order valence-corrected chi connectivity index (χ1v) is 9.21. The Morgan fingerprint density at radius 3 is 2.11 bits per heavy atom. The van der Waals surface area contributed by atoms with Crippen LogP contribution in [0.5, 0.6) is 0 Å². The molecule has 0 aromatic heterocycles. The van der Waals surface area contributed by atoms with Crippen molar-refractivity contribution in [2.24, 2.45) is 5.73 Å². The molecule has 0 heterocycles. The summed E-state index contributed by atoms with van der Waals surface area (Å²) < 4.78 is 0. The molecule has 0 aliphatic rings. The van der Waals surface area contributed by atoms with Gasteiger partial charge < -0.3 is 21.3 Å². The average Bonchev–Trinajstić information content (AvgIpc) is 2.69. The molecular weight excluding hydrogens is 339 g/mol. The maximum atomic E-state index is 11.7. The Balaban J connectivity index is 2.20.